The molecule has 0 spiro atoms. The van der Waals surface area contributed by atoms with E-state index < -0.39 is 10.0 Å². The quantitative estimate of drug-likeness (QED) is 0.444. The van der Waals surface area contributed by atoms with Crippen LogP contribution in [0.4, 0.5) is 4.39 Å². The Morgan fingerprint density at radius 1 is 1.18 bits per heavy atom. The van der Waals surface area contributed by atoms with E-state index in [0.29, 0.717) is 11.4 Å². The highest BCUT2D eigenvalue weighted by atomic mass is 32.2. The molecule has 2 aromatic carbocycles. The summed E-state index contributed by atoms with van der Waals surface area (Å²) in [5.41, 5.74) is 2.52. The van der Waals surface area contributed by atoms with Crippen molar-refractivity contribution in [3.63, 3.8) is 0 Å². The summed E-state index contributed by atoms with van der Waals surface area (Å²) in [6, 6.07) is 14.0. The summed E-state index contributed by atoms with van der Waals surface area (Å²) in [5.74, 6) is -0.437. The maximum absolute atomic E-state index is 13.2. The number of hydrogen-bond donors (Lipinski definition) is 1. The molecule has 33 heavy (non-hydrogen) atoms. The molecule has 4 rings (SSSR count). The SMILES string of the molecule is Cc1nn(Cc2ccc(F)cc2)c2sc(C(=O)N(C)[C@H](C)c3ccc(S(N)(=O)=O)cc3)cc12. The van der Waals surface area contributed by atoms with Gasteiger partial charge in [-0.25, -0.2) is 17.9 Å². The smallest absolute Gasteiger partial charge is 0.264 e. The fraction of sp³-hybridized carbons (Fsp3) is 0.217. The minimum absolute atomic E-state index is 0.0260. The van der Waals surface area contributed by atoms with Crippen molar-refractivity contribution in [1.29, 1.82) is 0 Å². The van der Waals surface area contributed by atoms with Crippen LogP contribution in [0.1, 0.15) is 39.5 Å². The second-order valence-corrected chi connectivity index (χ2v) is 10.5. The lowest BCUT2D eigenvalue weighted by Crippen LogP contribution is -2.29. The number of sulfonamides is 1. The molecule has 0 aliphatic heterocycles. The van der Waals surface area contributed by atoms with E-state index >= 15 is 0 Å². The van der Waals surface area contributed by atoms with Crippen molar-refractivity contribution in [3.05, 3.63) is 82.1 Å². The fourth-order valence-electron chi connectivity index (χ4n) is 3.60. The van der Waals surface area contributed by atoms with E-state index in [-0.39, 0.29) is 22.7 Å². The van der Waals surface area contributed by atoms with Crippen LogP contribution in [0.25, 0.3) is 10.2 Å². The molecular formula is C23H23FN4O3S2. The lowest BCUT2D eigenvalue weighted by molar-refractivity contribution is 0.0747. The van der Waals surface area contributed by atoms with Crippen molar-refractivity contribution in [2.75, 3.05) is 7.05 Å². The maximum atomic E-state index is 13.2. The van der Waals surface area contributed by atoms with Crippen LogP contribution in [-0.2, 0) is 16.6 Å². The molecule has 2 aromatic heterocycles. The Bertz CT molecular complexity index is 1430. The highest BCUT2D eigenvalue weighted by Gasteiger charge is 2.23. The van der Waals surface area contributed by atoms with Crippen molar-refractivity contribution in [2.45, 2.75) is 31.3 Å². The van der Waals surface area contributed by atoms with Gasteiger partial charge in [0.1, 0.15) is 10.6 Å². The number of rotatable bonds is 6. The molecule has 1 amide bonds. The highest BCUT2D eigenvalue weighted by molar-refractivity contribution is 7.89. The van der Waals surface area contributed by atoms with E-state index in [9.17, 15) is 17.6 Å². The first-order valence-corrected chi connectivity index (χ1v) is 12.5. The maximum Gasteiger partial charge on any atom is 0.264 e. The summed E-state index contributed by atoms with van der Waals surface area (Å²) < 4.78 is 38.0. The predicted octanol–water partition coefficient (Wildman–Crippen LogP) is 4.07. The molecule has 0 bridgehead atoms. The van der Waals surface area contributed by atoms with Gasteiger partial charge in [0.05, 0.1) is 28.1 Å². The van der Waals surface area contributed by atoms with Gasteiger partial charge < -0.3 is 4.90 Å². The van der Waals surface area contributed by atoms with E-state index in [1.807, 2.05) is 24.6 Å². The zero-order chi connectivity index (χ0) is 23.9. The fourth-order valence-corrected chi connectivity index (χ4v) is 5.26. The number of nitrogens with zero attached hydrogens (tertiary/aromatic N) is 3. The summed E-state index contributed by atoms with van der Waals surface area (Å²) in [5, 5.41) is 10.6. The van der Waals surface area contributed by atoms with Gasteiger partial charge in [0.15, 0.2) is 0 Å². The average molecular weight is 487 g/mol. The highest BCUT2D eigenvalue weighted by Crippen LogP contribution is 2.31. The average Bonchev–Trinajstić information content (AvgIpc) is 3.34. The third-order valence-corrected chi connectivity index (χ3v) is 7.72. The van der Waals surface area contributed by atoms with E-state index in [1.54, 1.807) is 36.2 Å². The molecular weight excluding hydrogens is 463 g/mol. The number of carbonyl (C=O) groups excluding carboxylic acids is 1. The zero-order valence-electron chi connectivity index (χ0n) is 18.3. The molecule has 0 fully saturated rings. The van der Waals surface area contributed by atoms with E-state index in [4.69, 9.17) is 5.14 Å². The van der Waals surface area contributed by atoms with Gasteiger partial charge in [0, 0.05) is 12.4 Å². The van der Waals surface area contributed by atoms with Crippen molar-refractivity contribution in [3.8, 4) is 0 Å². The molecule has 0 aliphatic rings. The van der Waals surface area contributed by atoms with Crippen molar-refractivity contribution < 1.29 is 17.6 Å². The molecule has 0 saturated heterocycles. The number of aromatic nitrogens is 2. The van der Waals surface area contributed by atoms with Gasteiger partial charge in [-0.3, -0.25) is 9.48 Å². The number of nitrogens with two attached hydrogens (primary N) is 1. The Hall–Kier alpha value is -3.08. The summed E-state index contributed by atoms with van der Waals surface area (Å²) in [7, 11) is -2.06. The van der Waals surface area contributed by atoms with Crippen LogP contribution in [0.15, 0.2) is 59.5 Å². The number of aryl methyl sites for hydroxylation is 1. The number of primary sulfonamides is 1. The van der Waals surface area contributed by atoms with Gasteiger partial charge in [0.2, 0.25) is 10.0 Å². The topological polar surface area (TPSA) is 98.3 Å². The van der Waals surface area contributed by atoms with Crippen LogP contribution in [-0.4, -0.2) is 36.1 Å². The molecule has 172 valence electrons. The van der Waals surface area contributed by atoms with Crippen LogP contribution in [0.2, 0.25) is 0 Å². The number of benzene rings is 2. The standard InChI is InChI=1S/C23H23FN4O3S2/c1-14-20-12-21(32-23(20)28(26-14)13-16-4-8-18(24)9-5-16)22(29)27(3)15(2)17-6-10-19(11-7-17)33(25,30)31/h4-12,15H,13H2,1-3H3,(H2,25,30,31)/t15-/m1/s1. The zero-order valence-corrected chi connectivity index (χ0v) is 20.0. The normalized spacial score (nSPS) is 12.8. The minimum Gasteiger partial charge on any atom is -0.334 e. The number of amides is 1. The first-order chi connectivity index (χ1) is 15.5. The summed E-state index contributed by atoms with van der Waals surface area (Å²) >= 11 is 1.36. The monoisotopic (exact) mass is 486 g/mol. The largest absolute Gasteiger partial charge is 0.334 e. The molecule has 0 aliphatic carbocycles. The van der Waals surface area contributed by atoms with Crippen LogP contribution >= 0.6 is 11.3 Å². The van der Waals surface area contributed by atoms with Crippen LogP contribution < -0.4 is 5.14 Å². The number of hydrogen-bond acceptors (Lipinski definition) is 5. The molecule has 10 heteroatoms. The van der Waals surface area contributed by atoms with Gasteiger partial charge >= 0.3 is 0 Å². The molecule has 0 saturated carbocycles. The molecule has 2 N–H and O–H groups in total. The van der Waals surface area contributed by atoms with E-state index in [2.05, 4.69) is 5.10 Å². The Labute approximate surface area is 195 Å². The molecule has 0 unspecified atom stereocenters. The first kappa shape index (κ1) is 23.1. The molecule has 1 atom stereocenters. The Kier molecular flexibility index (Phi) is 6.08. The third kappa shape index (κ3) is 4.68. The van der Waals surface area contributed by atoms with E-state index in [1.165, 1.54) is 35.6 Å². The number of thiophene rings is 1. The van der Waals surface area contributed by atoms with Gasteiger partial charge in [-0.1, -0.05) is 24.3 Å². The number of fused-ring (bicyclic) bond motifs is 1. The number of carbonyl (C=O) groups is 1. The van der Waals surface area contributed by atoms with Crippen molar-refractivity contribution in [1.82, 2.24) is 14.7 Å². The molecule has 2 heterocycles. The molecule has 7 nitrogen and oxygen atoms in total. The minimum atomic E-state index is -3.77. The number of halogens is 1. The summed E-state index contributed by atoms with van der Waals surface area (Å²) in [6.45, 7) is 4.24. The second-order valence-electron chi connectivity index (χ2n) is 7.91. The van der Waals surface area contributed by atoms with E-state index in [0.717, 1.165) is 27.0 Å². The first-order valence-electron chi connectivity index (χ1n) is 10.2. The van der Waals surface area contributed by atoms with Crippen molar-refractivity contribution >= 4 is 37.5 Å². The van der Waals surface area contributed by atoms with Crippen LogP contribution in [0, 0.1) is 12.7 Å². The van der Waals surface area contributed by atoms with Gasteiger partial charge in [-0.2, -0.15) is 5.10 Å². The molecule has 4 aromatic rings. The summed E-state index contributed by atoms with van der Waals surface area (Å²) in [6.07, 6.45) is 0. The molecule has 0 radical (unpaired) electrons. The van der Waals surface area contributed by atoms with Gasteiger partial charge in [-0.15, -0.1) is 11.3 Å². The van der Waals surface area contributed by atoms with Gasteiger partial charge in [0.25, 0.3) is 5.91 Å². The van der Waals surface area contributed by atoms with Crippen LogP contribution in [0.5, 0.6) is 0 Å². The van der Waals surface area contributed by atoms with Crippen molar-refractivity contribution in [2.24, 2.45) is 5.14 Å². The predicted molar refractivity (Wildman–Crippen MR) is 126 cm³/mol. The second kappa shape index (κ2) is 8.69. The Morgan fingerprint density at radius 2 is 1.82 bits per heavy atom. The summed E-state index contributed by atoms with van der Waals surface area (Å²) in [4.78, 5) is 16.3. The van der Waals surface area contributed by atoms with Gasteiger partial charge in [-0.05, 0) is 55.3 Å². The Balaban J connectivity index is 1.58. The Morgan fingerprint density at radius 3 is 2.42 bits per heavy atom. The lowest BCUT2D eigenvalue weighted by Gasteiger charge is -2.25. The third-order valence-electron chi connectivity index (χ3n) is 5.66. The lowest BCUT2D eigenvalue weighted by atomic mass is 10.1. The van der Waals surface area contributed by atoms with Crippen LogP contribution in [0.3, 0.4) is 0 Å².